The minimum Gasteiger partial charge on any atom is -0.496 e. The van der Waals surface area contributed by atoms with E-state index in [1.54, 1.807) is 25.1 Å². The Hall–Kier alpha value is -2.25. The molecule has 0 atom stereocenters. The number of nitriles is 1. The number of benzene rings is 1. The molecule has 0 aliphatic carbocycles. The Balaban J connectivity index is 2.85. The minimum atomic E-state index is -0.416. The van der Waals surface area contributed by atoms with Crippen LogP contribution in [0.25, 0.3) is 11.1 Å². The fourth-order valence-corrected chi connectivity index (χ4v) is 2.21. The van der Waals surface area contributed by atoms with E-state index < -0.39 is 5.56 Å². The molecule has 0 unspecified atom stereocenters. The van der Waals surface area contributed by atoms with Crippen LogP contribution in [0.1, 0.15) is 16.8 Å². The van der Waals surface area contributed by atoms with Gasteiger partial charge in [-0.2, -0.15) is 5.26 Å². The van der Waals surface area contributed by atoms with Crippen LogP contribution in [0.5, 0.6) is 5.75 Å². The number of rotatable bonds is 2. The maximum absolute atomic E-state index is 11.9. The van der Waals surface area contributed by atoms with Crippen LogP contribution in [0, 0.1) is 25.2 Å². The Bertz CT molecular complexity index is 773. The van der Waals surface area contributed by atoms with Gasteiger partial charge in [0.05, 0.1) is 7.11 Å². The molecule has 5 heteroatoms. The second-order valence-corrected chi connectivity index (χ2v) is 4.89. The van der Waals surface area contributed by atoms with E-state index in [2.05, 4.69) is 4.98 Å². The number of H-pyrrole nitrogens is 1. The molecule has 2 rings (SSSR count). The van der Waals surface area contributed by atoms with Gasteiger partial charge < -0.3 is 9.72 Å². The summed E-state index contributed by atoms with van der Waals surface area (Å²) in [6.45, 7) is 3.62. The van der Waals surface area contributed by atoms with Crippen LogP contribution in [-0.4, -0.2) is 12.1 Å². The zero-order chi connectivity index (χ0) is 14.9. The van der Waals surface area contributed by atoms with Crippen molar-refractivity contribution < 1.29 is 4.74 Å². The lowest BCUT2D eigenvalue weighted by molar-refractivity contribution is 0.416. The van der Waals surface area contributed by atoms with Gasteiger partial charge in [0.15, 0.2) is 0 Å². The third-order valence-electron chi connectivity index (χ3n) is 3.05. The lowest BCUT2D eigenvalue weighted by atomic mass is 9.99. The topological polar surface area (TPSA) is 65.9 Å². The van der Waals surface area contributed by atoms with Gasteiger partial charge in [0, 0.05) is 21.8 Å². The first-order valence-electron chi connectivity index (χ1n) is 5.96. The van der Waals surface area contributed by atoms with Crippen molar-refractivity contribution in [3.05, 3.63) is 50.4 Å². The van der Waals surface area contributed by atoms with Gasteiger partial charge in [0.25, 0.3) is 5.56 Å². The molecule has 1 aromatic heterocycles. The Labute approximate surface area is 121 Å². The first-order chi connectivity index (χ1) is 9.47. The van der Waals surface area contributed by atoms with Gasteiger partial charge in [0.1, 0.15) is 17.4 Å². The van der Waals surface area contributed by atoms with Crippen molar-refractivity contribution in [3.63, 3.8) is 0 Å². The predicted octanol–water partition coefficient (Wildman–Crippen LogP) is 3.19. The minimum absolute atomic E-state index is 0.0498. The van der Waals surface area contributed by atoms with Crippen LogP contribution in [0.2, 0.25) is 5.02 Å². The van der Waals surface area contributed by atoms with Crippen molar-refractivity contribution in [1.82, 2.24) is 4.98 Å². The fraction of sp³-hybridized carbons (Fsp3) is 0.200. The van der Waals surface area contributed by atoms with Crippen LogP contribution in [0.15, 0.2) is 23.0 Å². The molecule has 0 spiro atoms. The molecule has 0 fully saturated rings. The van der Waals surface area contributed by atoms with Gasteiger partial charge >= 0.3 is 0 Å². The number of hydrogen-bond acceptors (Lipinski definition) is 3. The smallest absolute Gasteiger partial charge is 0.266 e. The summed E-state index contributed by atoms with van der Waals surface area (Å²) >= 11 is 6.14. The molecule has 1 heterocycles. The number of aryl methyl sites for hydroxylation is 2. The van der Waals surface area contributed by atoms with Crippen LogP contribution < -0.4 is 10.3 Å². The van der Waals surface area contributed by atoms with Crippen LogP contribution in [0.3, 0.4) is 0 Å². The number of aromatic nitrogens is 1. The fourth-order valence-electron chi connectivity index (χ4n) is 2.05. The van der Waals surface area contributed by atoms with Crippen molar-refractivity contribution in [2.45, 2.75) is 13.8 Å². The van der Waals surface area contributed by atoms with E-state index in [-0.39, 0.29) is 5.56 Å². The maximum atomic E-state index is 11.9. The first-order valence-corrected chi connectivity index (χ1v) is 6.34. The summed E-state index contributed by atoms with van der Waals surface area (Å²) in [6.07, 6.45) is 0. The monoisotopic (exact) mass is 288 g/mol. The second kappa shape index (κ2) is 5.40. The Morgan fingerprint density at radius 1 is 1.25 bits per heavy atom. The van der Waals surface area contributed by atoms with Crippen molar-refractivity contribution in [3.8, 4) is 22.9 Å². The summed E-state index contributed by atoms with van der Waals surface area (Å²) in [5.41, 5.74) is 2.33. The molecule has 0 aliphatic heterocycles. The molecule has 1 N–H and O–H groups in total. The van der Waals surface area contributed by atoms with E-state index in [9.17, 15) is 10.1 Å². The van der Waals surface area contributed by atoms with Crippen molar-refractivity contribution >= 4 is 11.6 Å². The van der Waals surface area contributed by atoms with Gasteiger partial charge in [-0.3, -0.25) is 4.79 Å². The highest BCUT2D eigenvalue weighted by atomic mass is 35.5. The summed E-state index contributed by atoms with van der Waals surface area (Å²) in [7, 11) is 1.54. The molecule has 4 nitrogen and oxygen atoms in total. The number of methoxy groups -OCH3 is 1. The normalized spacial score (nSPS) is 10.2. The number of ether oxygens (including phenoxy) is 1. The Morgan fingerprint density at radius 2 is 1.95 bits per heavy atom. The number of hydrogen-bond donors (Lipinski definition) is 1. The van der Waals surface area contributed by atoms with E-state index >= 15 is 0 Å². The van der Waals surface area contributed by atoms with Gasteiger partial charge in [-0.1, -0.05) is 11.6 Å². The van der Waals surface area contributed by atoms with Crippen molar-refractivity contribution in [2.75, 3.05) is 7.11 Å². The molecule has 0 saturated heterocycles. The summed E-state index contributed by atoms with van der Waals surface area (Å²) in [5, 5.41) is 9.75. The molecular formula is C15H13ClN2O2. The molecule has 0 radical (unpaired) electrons. The third kappa shape index (κ3) is 2.40. The largest absolute Gasteiger partial charge is 0.496 e. The number of halogens is 1. The highest BCUT2D eigenvalue weighted by molar-refractivity contribution is 6.31. The summed E-state index contributed by atoms with van der Waals surface area (Å²) in [6, 6.07) is 7.17. The van der Waals surface area contributed by atoms with E-state index in [0.717, 1.165) is 5.56 Å². The predicted molar refractivity (Wildman–Crippen MR) is 78.2 cm³/mol. The SMILES string of the molecule is COc1cc(C)c(Cl)cc1-c1cc(C)[nH]c(=O)c1C#N. The quantitative estimate of drug-likeness (QED) is 0.923. The lowest BCUT2D eigenvalue weighted by Gasteiger charge is -2.12. The Kier molecular flexibility index (Phi) is 3.82. The second-order valence-electron chi connectivity index (χ2n) is 4.48. The number of nitrogens with zero attached hydrogens (tertiary/aromatic N) is 1. The first kappa shape index (κ1) is 14.2. The van der Waals surface area contributed by atoms with E-state index in [0.29, 0.717) is 27.6 Å². The molecule has 102 valence electrons. The molecular weight excluding hydrogens is 276 g/mol. The molecule has 1 aromatic carbocycles. The molecule has 0 amide bonds. The molecule has 20 heavy (non-hydrogen) atoms. The lowest BCUT2D eigenvalue weighted by Crippen LogP contribution is -2.13. The van der Waals surface area contributed by atoms with Crippen LogP contribution in [-0.2, 0) is 0 Å². The molecule has 0 bridgehead atoms. The zero-order valence-corrected chi connectivity index (χ0v) is 12.1. The number of aromatic amines is 1. The van der Waals surface area contributed by atoms with E-state index in [1.807, 2.05) is 13.0 Å². The maximum Gasteiger partial charge on any atom is 0.266 e. The summed E-state index contributed by atoms with van der Waals surface area (Å²) in [5.74, 6) is 0.577. The standard InChI is InChI=1S/C15H13ClN2O2/c1-8-4-14(20-3)11(6-13(8)16)10-5-9(2)18-15(19)12(10)7-17/h4-6H,1-3H3,(H,18,19). The highest BCUT2D eigenvalue weighted by Crippen LogP contribution is 2.35. The van der Waals surface area contributed by atoms with Gasteiger partial charge in [-0.05, 0) is 37.6 Å². The number of nitrogens with one attached hydrogen (secondary N) is 1. The van der Waals surface area contributed by atoms with Crippen molar-refractivity contribution in [1.29, 1.82) is 5.26 Å². The van der Waals surface area contributed by atoms with E-state index in [1.165, 1.54) is 7.11 Å². The number of pyridine rings is 1. The molecule has 0 aliphatic rings. The zero-order valence-electron chi connectivity index (χ0n) is 11.4. The average Bonchev–Trinajstić information content (AvgIpc) is 2.40. The van der Waals surface area contributed by atoms with Gasteiger partial charge in [-0.15, -0.1) is 0 Å². The van der Waals surface area contributed by atoms with Crippen molar-refractivity contribution in [2.24, 2.45) is 0 Å². The van der Waals surface area contributed by atoms with E-state index in [4.69, 9.17) is 16.3 Å². The molecule has 0 saturated carbocycles. The van der Waals surface area contributed by atoms with Crippen LogP contribution >= 0.6 is 11.6 Å². The highest BCUT2D eigenvalue weighted by Gasteiger charge is 2.15. The van der Waals surface area contributed by atoms with Gasteiger partial charge in [0.2, 0.25) is 0 Å². The van der Waals surface area contributed by atoms with Crippen LogP contribution in [0.4, 0.5) is 0 Å². The third-order valence-corrected chi connectivity index (χ3v) is 3.46. The van der Waals surface area contributed by atoms with Gasteiger partial charge in [-0.25, -0.2) is 0 Å². The summed E-state index contributed by atoms with van der Waals surface area (Å²) < 4.78 is 5.33. The summed E-state index contributed by atoms with van der Waals surface area (Å²) in [4.78, 5) is 14.5. The Morgan fingerprint density at radius 3 is 2.55 bits per heavy atom. The average molecular weight is 289 g/mol. The molecule has 2 aromatic rings.